The summed E-state index contributed by atoms with van der Waals surface area (Å²) in [6.07, 6.45) is 0.999. The van der Waals surface area contributed by atoms with Crippen LogP contribution in [0.25, 0.3) is 0 Å². The van der Waals surface area contributed by atoms with E-state index in [1.165, 1.54) is 0 Å². The molecule has 0 saturated carbocycles. The summed E-state index contributed by atoms with van der Waals surface area (Å²) in [7, 11) is 0. The van der Waals surface area contributed by atoms with Gasteiger partial charge in [0.25, 0.3) is 0 Å². The van der Waals surface area contributed by atoms with Crippen LogP contribution in [0.15, 0.2) is 18.2 Å². The number of carbonyl (C=O) groups is 1. The van der Waals surface area contributed by atoms with E-state index in [0.717, 1.165) is 5.56 Å². The smallest absolute Gasteiger partial charge is 0.137 e. The first kappa shape index (κ1) is 11.0. The fourth-order valence-electron chi connectivity index (χ4n) is 1.04. The maximum Gasteiger partial charge on any atom is 0.137 e. The molecule has 2 nitrogen and oxygen atoms in total. The molecular weight excluding hydrogens is 221 g/mol. The summed E-state index contributed by atoms with van der Waals surface area (Å²) in [6, 6.07) is 6.96. The van der Waals surface area contributed by atoms with Gasteiger partial charge in [-0.3, -0.25) is 0 Å². The Morgan fingerprint density at radius 3 is 2.64 bits per heavy atom. The van der Waals surface area contributed by atoms with E-state index in [9.17, 15) is 4.79 Å². The zero-order valence-electron chi connectivity index (χ0n) is 7.21. The van der Waals surface area contributed by atoms with Gasteiger partial charge >= 0.3 is 0 Å². The van der Waals surface area contributed by atoms with Crippen LogP contribution in [0.4, 0.5) is 0 Å². The third-order valence-electron chi connectivity index (χ3n) is 1.77. The second-order valence-corrected chi connectivity index (χ2v) is 3.64. The molecule has 0 aliphatic rings. The molecule has 0 aliphatic heterocycles. The molecule has 0 amide bonds. The van der Waals surface area contributed by atoms with Crippen LogP contribution in [-0.4, -0.2) is 6.29 Å². The summed E-state index contributed by atoms with van der Waals surface area (Å²) >= 11 is 11.5. The van der Waals surface area contributed by atoms with Gasteiger partial charge in [-0.1, -0.05) is 29.3 Å². The van der Waals surface area contributed by atoms with Gasteiger partial charge in [-0.2, -0.15) is 5.26 Å². The number of aldehydes is 1. The number of halogens is 2. The first-order valence-electron chi connectivity index (χ1n) is 3.96. The Labute approximate surface area is 92.1 Å². The number of rotatable bonds is 3. The highest BCUT2D eigenvalue weighted by molar-refractivity contribution is 6.42. The highest BCUT2D eigenvalue weighted by Crippen LogP contribution is 2.23. The summed E-state index contributed by atoms with van der Waals surface area (Å²) in [5, 5.41) is 9.48. The van der Waals surface area contributed by atoms with Crippen LogP contribution in [0.3, 0.4) is 0 Å². The maximum absolute atomic E-state index is 10.4. The SMILES string of the molecule is N#CC(C=O)Cc1ccc(Cl)c(Cl)c1. The lowest BCUT2D eigenvalue weighted by Gasteiger charge is -2.03. The lowest BCUT2D eigenvalue weighted by atomic mass is 10.0. The lowest BCUT2D eigenvalue weighted by Crippen LogP contribution is -2.02. The van der Waals surface area contributed by atoms with Crippen LogP contribution in [0, 0.1) is 17.2 Å². The largest absolute Gasteiger partial charge is 0.302 e. The number of benzene rings is 1. The number of nitrogens with zero attached hydrogens (tertiary/aromatic N) is 1. The normalized spacial score (nSPS) is 11.8. The molecule has 0 heterocycles. The van der Waals surface area contributed by atoms with Crippen LogP contribution in [0.1, 0.15) is 5.56 Å². The fourth-order valence-corrected chi connectivity index (χ4v) is 1.37. The van der Waals surface area contributed by atoms with E-state index in [0.29, 0.717) is 22.8 Å². The minimum atomic E-state index is -0.618. The first-order valence-corrected chi connectivity index (χ1v) is 4.72. The second kappa shape index (κ2) is 4.99. The molecule has 1 atom stereocenters. The van der Waals surface area contributed by atoms with Gasteiger partial charge in [0, 0.05) is 0 Å². The van der Waals surface area contributed by atoms with Gasteiger partial charge < -0.3 is 4.79 Å². The quantitative estimate of drug-likeness (QED) is 0.746. The number of carbonyl (C=O) groups excluding carboxylic acids is 1. The molecule has 0 radical (unpaired) electrons. The molecule has 1 aromatic carbocycles. The second-order valence-electron chi connectivity index (χ2n) is 2.82. The van der Waals surface area contributed by atoms with Gasteiger partial charge in [-0.25, -0.2) is 0 Å². The highest BCUT2D eigenvalue weighted by atomic mass is 35.5. The van der Waals surface area contributed by atoms with Crippen LogP contribution >= 0.6 is 23.2 Å². The summed E-state index contributed by atoms with van der Waals surface area (Å²) in [5.41, 5.74) is 0.832. The average molecular weight is 228 g/mol. The molecule has 72 valence electrons. The van der Waals surface area contributed by atoms with Gasteiger partial charge in [0.15, 0.2) is 0 Å². The van der Waals surface area contributed by atoms with Crippen molar-refractivity contribution in [3.05, 3.63) is 33.8 Å². The Bertz CT molecular complexity index is 384. The molecule has 0 N–H and O–H groups in total. The fraction of sp³-hybridized carbons (Fsp3) is 0.200. The van der Waals surface area contributed by atoms with Gasteiger partial charge in [-0.05, 0) is 24.1 Å². The van der Waals surface area contributed by atoms with E-state index in [2.05, 4.69) is 0 Å². The molecule has 0 saturated heterocycles. The van der Waals surface area contributed by atoms with Crippen molar-refractivity contribution in [1.29, 1.82) is 5.26 Å². The molecule has 0 bridgehead atoms. The van der Waals surface area contributed by atoms with Gasteiger partial charge in [0.2, 0.25) is 0 Å². The monoisotopic (exact) mass is 227 g/mol. The predicted octanol–water partition coefficient (Wildman–Crippen LogP) is 2.87. The van der Waals surface area contributed by atoms with Crippen molar-refractivity contribution < 1.29 is 4.79 Å². The van der Waals surface area contributed by atoms with Crippen LogP contribution in [0.5, 0.6) is 0 Å². The molecule has 1 rings (SSSR count). The number of nitriles is 1. The number of hydrogen-bond acceptors (Lipinski definition) is 2. The van der Waals surface area contributed by atoms with Crippen molar-refractivity contribution >= 4 is 29.5 Å². The Balaban J connectivity index is 2.83. The Kier molecular flexibility index (Phi) is 3.94. The van der Waals surface area contributed by atoms with E-state index in [-0.39, 0.29) is 0 Å². The van der Waals surface area contributed by atoms with Crippen molar-refractivity contribution in [1.82, 2.24) is 0 Å². The molecule has 0 spiro atoms. The third-order valence-corrected chi connectivity index (χ3v) is 2.51. The standard InChI is InChI=1S/C10H7Cl2NO/c11-9-2-1-7(4-10(9)12)3-8(5-13)6-14/h1-2,4,6,8H,3H2. The Morgan fingerprint density at radius 1 is 1.43 bits per heavy atom. The summed E-state index contributed by atoms with van der Waals surface area (Å²) in [6.45, 7) is 0. The third kappa shape index (κ3) is 2.73. The molecular formula is C10H7Cl2NO. The number of hydrogen-bond donors (Lipinski definition) is 0. The minimum absolute atomic E-state index is 0.372. The van der Waals surface area contributed by atoms with E-state index < -0.39 is 5.92 Å². The molecule has 14 heavy (non-hydrogen) atoms. The average Bonchev–Trinajstić information content (AvgIpc) is 2.19. The van der Waals surface area contributed by atoms with E-state index in [1.54, 1.807) is 18.2 Å². The zero-order valence-corrected chi connectivity index (χ0v) is 8.72. The highest BCUT2D eigenvalue weighted by Gasteiger charge is 2.07. The van der Waals surface area contributed by atoms with Gasteiger partial charge in [0.1, 0.15) is 12.2 Å². The summed E-state index contributed by atoms with van der Waals surface area (Å²) in [4.78, 5) is 10.4. The van der Waals surface area contributed by atoms with E-state index >= 15 is 0 Å². The van der Waals surface area contributed by atoms with Crippen molar-refractivity contribution in [2.24, 2.45) is 5.92 Å². The zero-order chi connectivity index (χ0) is 10.6. The molecule has 0 aliphatic carbocycles. The van der Waals surface area contributed by atoms with E-state index in [1.807, 2.05) is 6.07 Å². The van der Waals surface area contributed by atoms with Crippen molar-refractivity contribution in [2.75, 3.05) is 0 Å². The lowest BCUT2D eigenvalue weighted by molar-refractivity contribution is -0.109. The van der Waals surface area contributed by atoms with Crippen molar-refractivity contribution in [3.8, 4) is 6.07 Å². The van der Waals surface area contributed by atoms with Crippen LogP contribution < -0.4 is 0 Å². The Morgan fingerprint density at radius 2 is 2.14 bits per heavy atom. The summed E-state index contributed by atoms with van der Waals surface area (Å²) < 4.78 is 0. The molecule has 0 aromatic heterocycles. The Hall–Kier alpha value is -1.04. The summed E-state index contributed by atoms with van der Waals surface area (Å²) in [5.74, 6) is -0.618. The predicted molar refractivity (Wildman–Crippen MR) is 55.3 cm³/mol. The van der Waals surface area contributed by atoms with Gasteiger partial charge in [0.05, 0.1) is 16.1 Å². The van der Waals surface area contributed by atoms with Gasteiger partial charge in [-0.15, -0.1) is 0 Å². The van der Waals surface area contributed by atoms with Crippen LogP contribution in [0.2, 0.25) is 10.0 Å². The molecule has 1 unspecified atom stereocenters. The molecule has 0 fully saturated rings. The first-order chi connectivity index (χ1) is 6.67. The topological polar surface area (TPSA) is 40.9 Å². The maximum atomic E-state index is 10.4. The van der Waals surface area contributed by atoms with Crippen molar-refractivity contribution in [2.45, 2.75) is 6.42 Å². The molecule has 1 aromatic rings. The molecule has 4 heteroatoms. The minimum Gasteiger partial charge on any atom is -0.302 e. The van der Waals surface area contributed by atoms with Crippen LogP contribution in [-0.2, 0) is 11.2 Å². The van der Waals surface area contributed by atoms with E-state index in [4.69, 9.17) is 28.5 Å². The van der Waals surface area contributed by atoms with Crippen molar-refractivity contribution in [3.63, 3.8) is 0 Å².